The van der Waals surface area contributed by atoms with Gasteiger partial charge in [-0.15, -0.1) is 0 Å². The molecule has 2 aromatic carbocycles. The summed E-state index contributed by atoms with van der Waals surface area (Å²) >= 11 is 0. The maximum absolute atomic E-state index is 13.2. The summed E-state index contributed by atoms with van der Waals surface area (Å²) in [6.07, 6.45) is 3.28. The molecule has 0 saturated carbocycles. The Bertz CT molecular complexity index is 1050. The number of carbonyl (C=O) groups excluding carboxylic acids is 1. The van der Waals surface area contributed by atoms with Gasteiger partial charge in [-0.25, -0.2) is 0 Å². The predicted molar refractivity (Wildman–Crippen MR) is 108 cm³/mol. The first-order chi connectivity index (χ1) is 14.1. The van der Waals surface area contributed by atoms with Crippen LogP contribution < -0.4 is 18.9 Å². The highest BCUT2D eigenvalue weighted by Crippen LogP contribution is 2.39. The molecule has 152 valence electrons. The lowest BCUT2D eigenvalue weighted by Crippen LogP contribution is -2.05. The van der Waals surface area contributed by atoms with E-state index < -0.39 is 0 Å². The molecule has 1 heterocycles. The highest BCUT2D eigenvalue weighted by atomic mass is 16.5. The second kappa shape index (κ2) is 8.66. The van der Waals surface area contributed by atoms with Crippen molar-refractivity contribution < 1.29 is 28.8 Å². The standard InChI is InChI=1S/C21H22N2O6/c1-26-15-8-7-14-18(13(15)6-5-9-24)22-23-19(14)20(25)12-10-16(27-2)21(29-4)17(11-12)28-3/h5-8,10-11,24H,9H2,1-4H3,(H,22,23). The third-order valence-corrected chi connectivity index (χ3v) is 4.49. The van der Waals surface area contributed by atoms with Gasteiger partial charge < -0.3 is 24.1 Å². The normalized spacial score (nSPS) is 11.1. The quantitative estimate of drug-likeness (QED) is 0.563. The zero-order chi connectivity index (χ0) is 21.0. The van der Waals surface area contributed by atoms with Gasteiger partial charge in [-0.05, 0) is 24.3 Å². The average Bonchev–Trinajstić information content (AvgIpc) is 3.19. The topological polar surface area (TPSA) is 103 Å². The molecule has 0 aliphatic rings. The summed E-state index contributed by atoms with van der Waals surface area (Å²) in [5, 5.41) is 16.8. The number of hydrogen-bond acceptors (Lipinski definition) is 7. The van der Waals surface area contributed by atoms with E-state index in [1.807, 2.05) is 0 Å². The number of carbonyl (C=O) groups is 1. The molecule has 0 atom stereocenters. The lowest BCUT2D eigenvalue weighted by Gasteiger charge is -2.13. The Morgan fingerprint density at radius 2 is 1.69 bits per heavy atom. The van der Waals surface area contributed by atoms with E-state index >= 15 is 0 Å². The smallest absolute Gasteiger partial charge is 0.211 e. The molecule has 1 aromatic heterocycles. The Morgan fingerprint density at radius 3 is 2.24 bits per heavy atom. The number of methoxy groups -OCH3 is 4. The van der Waals surface area contributed by atoms with Gasteiger partial charge in [0.2, 0.25) is 11.5 Å². The number of nitrogens with one attached hydrogen (secondary N) is 1. The molecule has 0 aliphatic carbocycles. The maximum Gasteiger partial charge on any atom is 0.211 e. The fourth-order valence-electron chi connectivity index (χ4n) is 3.12. The fraction of sp³-hybridized carbons (Fsp3) is 0.238. The van der Waals surface area contributed by atoms with Crippen LogP contribution in [-0.2, 0) is 0 Å². The number of rotatable bonds is 8. The molecule has 0 aliphatic heterocycles. The molecule has 0 saturated heterocycles. The third kappa shape index (κ3) is 3.62. The summed E-state index contributed by atoms with van der Waals surface area (Å²) in [6.45, 7) is -0.124. The molecule has 0 bridgehead atoms. The molecule has 0 spiro atoms. The predicted octanol–water partition coefficient (Wildman–Crippen LogP) is 2.83. The van der Waals surface area contributed by atoms with Crippen molar-refractivity contribution in [3.63, 3.8) is 0 Å². The van der Waals surface area contributed by atoms with Crippen LogP contribution in [0.4, 0.5) is 0 Å². The molecule has 3 aromatic rings. The number of hydrogen-bond donors (Lipinski definition) is 2. The van der Waals surface area contributed by atoms with Crippen LogP contribution in [0.1, 0.15) is 21.6 Å². The van der Waals surface area contributed by atoms with Crippen LogP contribution in [0.25, 0.3) is 17.0 Å². The van der Waals surface area contributed by atoms with Crippen molar-refractivity contribution in [3.8, 4) is 23.0 Å². The number of aromatic nitrogens is 2. The zero-order valence-electron chi connectivity index (χ0n) is 16.6. The van der Waals surface area contributed by atoms with Crippen LogP contribution in [0.2, 0.25) is 0 Å². The molecule has 8 nitrogen and oxygen atoms in total. The van der Waals surface area contributed by atoms with Crippen LogP contribution in [-0.4, -0.2) is 56.1 Å². The Hall–Kier alpha value is -3.52. The van der Waals surface area contributed by atoms with E-state index in [0.717, 1.165) is 0 Å². The summed E-state index contributed by atoms with van der Waals surface area (Å²) in [4.78, 5) is 13.2. The maximum atomic E-state index is 13.2. The van der Waals surface area contributed by atoms with Gasteiger partial charge in [0.15, 0.2) is 11.5 Å². The van der Waals surface area contributed by atoms with Crippen molar-refractivity contribution in [2.24, 2.45) is 0 Å². The first kappa shape index (κ1) is 20.2. The third-order valence-electron chi connectivity index (χ3n) is 4.49. The van der Waals surface area contributed by atoms with Gasteiger partial charge in [0.1, 0.15) is 17.0 Å². The number of H-pyrrole nitrogens is 1. The summed E-state index contributed by atoms with van der Waals surface area (Å²) in [5.41, 5.74) is 1.90. The Kier molecular flexibility index (Phi) is 6.04. The first-order valence-electron chi connectivity index (χ1n) is 8.76. The molecular weight excluding hydrogens is 376 g/mol. The fourth-order valence-corrected chi connectivity index (χ4v) is 3.12. The van der Waals surface area contributed by atoms with Gasteiger partial charge in [0, 0.05) is 16.5 Å². The number of ketones is 1. The number of ether oxygens (including phenoxy) is 4. The molecule has 2 N–H and O–H groups in total. The summed E-state index contributed by atoms with van der Waals surface area (Å²) in [7, 11) is 6.03. The molecule has 0 radical (unpaired) electrons. The number of aromatic amines is 1. The SMILES string of the molecule is COc1cc(C(=O)c2[nH]nc3c(C=CCO)c(OC)ccc23)cc(OC)c1OC. The van der Waals surface area contributed by atoms with Gasteiger partial charge in [0.05, 0.1) is 35.0 Å². The molecule has 29 heavy (non-hydrogen) atoms. The number of aliphatic hydroxyl groups is 1. The van der Waals surface area contributed by atoms with Crippen LogP contribution in [0.3, 0.4) is 0 Å². The Morgan fingerprint density at radius 1 is 1.03 bits per heavy atom. The zero-order valence-corrected chi connectivity index (χ0v) is 16.6. The minimum absolute atomic E-state index is 0.124. The lowest BCUT2D eigenvalue weighted by atomic mass is 10.0. The highest BCUT2D eigenvalue weighted by Gasteiger charge is 2.22. The summed E-state index contributed by atoms with van der Waals surface area (Å²) in [5.74, 6) is 1.47. The molecule has 0 fully saturated rings. The van der Waals surface area contributed by atoms with Crippen LogP contribution >= 0.6 is 0 Å². The Balaban J connectivity index is 2.14. The second-order valence-electron chi connectivity index (χ2n) is 6.00. The van der Waals surface area contributed by atoms with E-state index in [1.165, 1.54) is 21.3 Å². The summed E-state index contributed by atoms with van der Waals surface area (Å²) < 4.78 is 21.4. The Labute approximate surface area is 167 Å². The van der Waals surface area contributed by atoms with E-state index in [9.17, 15) is 4.79 Å². The van der Waals surface area contributed by atoms with Crippen LogP contribution in [0.5, 0.6) is 23.0 Å². The molecule has 0 unspecified atom stereocenters. The molecule has 0 amide bonds. The van der Waals surface area contributed by atoms with Crippen molar-refractivity contribution in [1.82, 2.24) is 10.2 Å². The monoisotopic (exact) mass is 398 g/mol. The molecule has 8 heteroatoms. The van der Waals surface area contributed by atoms with Crippen molar-refractivity contribution in [2.45, 2.75) is 0 Å². The van der Waals surface area contributed by atoms with Crippen molar-refractivity contribution >= 4 is 22.8 Å². The number of fused-ring (bicyclic) bond motifs is 1. The van der Waals surface area contributed by atoms with Gasteiger partial charge in [-0.2, -0.15) is 5.10 Å². The number of benzene rings is 2. The van der Waals surface area contributed by atoms with E-state index in [-0.39, 0.29) is 12.4 Å². The first-order valence-corrected chi connectivity index (χ1v) is 8.76. The summed E-state index contributed by atoms with van der Waals surface area (Å²) in [6, 6.07) is 6.69. The average molecular weight is 398 g/mol. The molecular formula is C21H22N2O6. The molecule has 3 rings (SSSR count). The van der Waals surface area contributed by atoms with E-state index in [4.69, 9.17) is 24.1 Å². The number of aliphatic hydroxyl groups excluding tert-OH is 1. The minimum Gasteiger partial charge on any atom is -0.496 e. The van der Waals surface area contributed by atoms with E-state index in [1.54, 1.807) is 43.5 Å². The van der Waals surface area contributed by atoms with Gasteiger partial charge in [-0.1, -0.05) is 12.2 Å². The van der Waals surface area contributed by atoms with E-state index in [0.29, 0.717) is 50.7 Å². The highest BCUT2D eigenvalue weighted by molar-refractivity contribution is 6.16. The van der Waals surface area contributed by atoms with Gasteiger partial charge in [0.25, 0.3) is 0 Å². The van der Waals surface area contributed by atoms with E-state index in [2.05, 4.69) is 10.2 Å². The van der Waals surface area contributed by atoms with Gasteiger partial charge in [-0.3, -0.25) is 9.89 Å². The lowest BCUT2D eigenvalue weighted by molar-refractivity contribution is 0.103. The van der Waals surface area contributed by atoms with Crippen LogP contribution in [0.15, 0.2) is 30.3 Å². The largest absolute Gasteiger partial charge is 0.496 e. The van der Waals surface area contributed by atoms with Crippen LogP contribution in [0, 0.1) is 0 Å². The minimum atomic E-state index is -0.283. The second-order valence-corrected chi connectivity index (χ2v) is 6.00. The van der Waals surface area contributed by atoms with Crippen molar-refractivity contribution in [1.29, 1.82) is 0 Å². The van der Waals surface area contributed by atoms with Crippen molar-refractivity contribution in [3.05, 3.63) is 47.2 Å². The van der Waals surface area contributed by atoms with Gasteiger partial charge >= 0.3 is 0 Å². The van der Waals surface area contributed by atoms with Crippen molar-refractivity contribution in [2.75, 3.05) is 35.0 Å². The number of nitrogens with zero attached hydrogens (tertiary/aromatic N) is 1.